The van der Waals surface area contributed by atoms with E-state index in [1.165, 1.54) is 25.7 Å². The Morgan fingerprint density at radius 1 is 1.07 bits per heavy atom. The summed E-state index contributed by atoms with van der Waals surface area (Å²) in [5.41, 5.74) is 3.58. The van der Waals surface area contributed by atoms with E-state index in [4.69, 9.17) is 0 Å². The molecule has 0 nitrogen and oxygen atoms in total. The summed E-state index contributed by atoms with van der Waals surface area (Å²) in [5, 5.41) is 0. The van der Waals surface area contributed by atoms with Crippen molar-refractivity contribution in [2.75, 3.05) is 0 Å². The van der Waals surface area contributed by atoms with Crippen molar-refractivity contribution in [2.45, 2.75) is 74.1 Å². The van der Waals surface area contributed by atoms with Crippen LogP contribution in [0.25, 0.3) is 0 Å². The Hall–Kier alpha value is -0.260. The minimum Gasteiger partial charge on any atom is -0.0713 e. The van der Waals surface area contributed by atoms with Crippen LogP contribution in [0.1, 0.15) is 74.1 Å². The third-order valence-electron chi connectivity index (χ3n) is 3.88. The molecule has 0 aliphatic carbocycles. The van der Waals surface area contributed by atoms with Crippen LogP contribution < -0.4 is 0 Å². The average molecular weight is 210 g/mol. The van der Waals surface area contributed by atoms with Gasteiger partial charge in [0.25, 0.3) is 0 Å². The molecule has 0 saturated heterocycles. The third-order valence-corrected chi connectivity index (χ3v) is 3.88. The molecule has 0 saturated carbocycles. The predicted molar refractivity (Wildman–Crippen MR) is 71.1 cm³/mol. The summed E-state index contributed by atoms with van der Waals surface area (Å²) in [4.78, 5) is 0. The summed E-state index contributed by atoms with van der Waals surface area (Å²) in [5.74, 6) is 0.690. The predicted octanol–water partition coefficient (Wildman–Crippen LogP) is 5.59. The molecule has 0 unspecified atom stereocenters. The second kappa shape index (κ2) is 6.35. The minimum absolute atomic E-state index is 0.392. The smallest absolute Gasteiger partial charge is 0.0145 e. The number of rotatable bonds is 6. The van der Waals surface area contributed by atoms with Crippen LogP contribution >= 0.6 is 0 Å². The van der Waals surface area contributed by atoms with E-state index in [9.17, 15) is 0 Å². The van der Waals surface area contributed by atoms with Crippen LogP contribution in [0.3, 0.4) is 0 Å². The molecule has 0 aliphatic heterocycles. The van der Waals surface area contributed by atoms with Crippen molar-refractivity contribution in [1.82, 2.24) is 0 Å². The van der Waals surface area contributed by atoms with Gasteiger partial charge in [0.15, 0.2) is 0 Å². The Morgan fingerprint density at radius 2 is 1.60 bits per heavy atom. The van der Waals surface area contributed by atoms with Crippen LogP contribution in [0.2, 0.25) is 0 Å². The maximum absolute atomic E-state index is 2.39. The molecule has 0 rings (SSSR count). The van der Waals surface area contributed by atoms with Crippen LogP contribution in [0.4, 0.5) is 0 Å². The highest BCUT2D eigenvalue weighted by Gasteiger charge is 2.21. The van der Waals surface area contributed by atoms with E-state index < -0.39 is 0 Å². The van der Waals surface area contributed by atoms with Gasteiger partial charge in [-0.1, -0.05) is 65.0 Å². The number of hydrogen-bond donors (Lipinski definition) is 0. The zero-order chi connectivity index (χ0) is 12.1. The molecule has 0 aromatic carbocycles. The van der Waals surface area contributed by atoms with Gasteiger partial charge in [0.1, 0.15) is 0 Å². The molecule has 0 aromatic rings. The monoisotopic (exact) mass is 210 g/mol. The van der Waals surface area contributed by atoms with E-state index >= 15 is 0 Å². The van der Waals surface area contributed by atoms with Crippen LogP contribution in [0, 0.1) is 11.3 Å². The molecule has 0 fully saturated rings. The van der Waals surface area contributed by atoms with Gasteiger partial charge in [-0.15, -0.1) is 0 Å². The molecule has 0 radical (unpaired) electrons. The summed E-state index contributed by atoms with van der Waals surface area (Å²) in [6.45, 7) is 16.3. The number of unbranched alkanes of at least 4 members (excludes halogenated alkanes) is 2. The lowest BCUT2D eigenvalue weighted by atomic mass is 9.76. The van der Waals surface area contributed by atoms with E-state index in [0.29, 0.717) is 11.3 Å². The standard InChI is InChI=1S/C15H30/c1-8-9-10-11-15(6,7)14(5)13(4)12(2)3/h12H,8-11H2,1-7H3. The molecule has 0 aromatic heterocycles. The van der Waals surface area contributed by atoms with Gasteiger partial charge in [-0.05, 0) is 31.6 Å². The molecule has 0 bridgehead atoms. The summed E-state index contributed by atoms with van der Waals surface area (Å²) in [6.07, 6.45) is 5.39. The number of allylic oxidation sites excluding steroid dienone is 2. The van der Waals surface area contributed by atoms with Gasteiger partial charge in [-0.3, -0.25) is 0 Å². The minimum atomic E-state index is 0.392. The van der Waals surface area contributed by atoms with Crippen LogP contribution in [-0.4, -0.2) is 0 Å². The summed E-state index contributed by atoms with van der Waals surface area (Å²) >= 11 is 0. The highest BCUT2D eigenvalue weighted by molar-refractivity contribution is 5.18. The molecular weight excluding hydrogens is 180 g/mol. The van der Waals surface area contributed by atoms with Crippen molar-refractivity contribution >= 4 is 0 Å². The van der Waals surface area contributed by atoms with E-state index in [0.717, 1.165) is 0 Å². The molecule has 0 aliphatic rings. The Morgan fingerprint density at radius 3 is 2.00 bits per heavy atom. The van der Waals surface area contributed by atoms with E-state index in [1.807, 2.05) is 0 Å². The van der Waals surface area contributed by atoms with Crippen molar-refractivity contribution in [2.24, 2.45) is 11.3 Å². The average Bonchev–Trinajstić information content (AvgIpc) is 2.15. The lowest BCUT2D eigenvalue weighted by Gasteiger charge is -2.29. The molecule has 0 amide bonds. The van der Waals surface area contributed by atoms with Gasteiger partial charge in [-0.2, -0.15) is 0 Å². The van der Waals surface area contributed by atoms with Gasteiger partial charge >= 0.3 is 0 Å². The normalized spacial score (nSPS) is 14.4. The molecule has 0 spiro atoms. The summed E-state index contributed by atoms with van der Waals surface area (Å²) in [6, 6.07) is 0. The molecule has 15 heavy (non-hydrogen) atoms. The fourth-order valence-corrected chi connectivity index (χ4v) is 1.97. The maximum atomic E-state index is 2.39. The maximum Gasteiger partial charge on any atom is -0.0145 e. The van der Waals surface area contributed by atoms with Gasteiger partial charge in [0.05, 0.1) is 0 Å². The Balaban J connectivity index is 4.50. The third kappa shape index (κ3) is 4.86. The first-order valence-corrected chi connectivity index (χ1v) is 6.50. The lowest BCUT2D eigenvalue weighted by Crippen LogP contribution is -2.15. The quantitative estimate of drug-likeness (QED) is 0.396. The first kappa shape index (κ1) is 14.7. The van der Waals surface area contributed by atoms with Crippen molar-refractivity contribution in [3.63, 3.8) is 0 Å². The highest BCUT2D eigenvalue weighted by Crippen LogP contribution is 2.35. The van der Waals surface area contributed by atoms with Crippen molar-refractivity contribution in [1.29, 1.82) is 0 Å². The van der Waals surface area contributed by atoms with Gasteiger partial charge < -0.3 is 0 Å². The van der Waals surface area contributed by atoms with Gasteiger partial charge in [0.2, 0.25) is 0 Å². The molecule has 0 heteroatoms. The zero-order valence-corrected chi connectivity index (χ0v) is 11.9. The largest absolute Gasteiger partial charge is 0.0713 e. The fourth-order valence-electron chi connectivity index (χ4n) is 1.97. The van der Waals surface area contributed by atoms with Gasteiger partial charge in [-0.25, -0.2) is 0 Å². The van der Waals surface area contributed by atoms with E-state index in [-0.39, 0.29) is 0 Å². The molecule has 90 valence electrons. The van der Waals surface area contributed by atoms with E-state index in [2.05, 4.69) is 48.5 Å². The molecular formula is C15H30. The summed E-state index contributed by atoms with van der Waals surface area (Å²) < 4.78 is 0. The van der Waals surface area contributed by atoms with Crippen molar-refractivity contribution in [3.05, 3.63) is 11.1 Å². The fraction of sp³-hybridized carbons (Fsp3) is 0.867. The van der Waals surface area contributed by atoms with Crippen molar-refractivity contribution < 1.29 is 0 Å². The molecule has 0 N–H and O–H groups in total. The van der Waals surface area contributed by atoms with E-state index in [1.54, 1.807) is 11.1 Å². The topological polar surface area (TPSA) is 0 Å². The lowest BCUT2D eigenvalue weighted by molar-refractivity contribution is 0.380. The number of hydrogen-bond acceptors (Lipinski definition) is 0. The van der Waals surface area contributed by atoms with Crippen LogP contribution in [0.15, 0.2) is 11.1 Å². The zero-order valence-electron chi connectivity index (χ0n) is 11.9. The SMILES string of the molecule is CCCCCC(C)(C)C(C)=C(C)C(C)C. The highest BCUT2D eigenvalue weighted by atomic mass is 14.3. The Kier molecular flexibility index (Phi) is 6.24. The second-order valence-corrected chi connectivity index (χ2v) is 5.80. The summed E-state index contributed by atoms with van der Waals surface area (Å²) in [7, 11) is 0. The van der Waals surface area contributed by atoms with Crippen LogP contribution in [0.5, 0.6) is 0 Å². The van der Waals surface area contributed by atoms with Crippen LogP contribution in [-0.2, 0) is 0 Å². The second-order valence-electron chi connectivity index (χ2n) is 5.80. The first-order valence-electron chi connectivity index (χ1n) is 6.50. The van der Waals surface area contributed by atoms with Gasteiger partial charge in [0, 0.05) is 0 Å². The molecule has 0 heterocycles. The Labute approximate surface area is 97.2 Å². The first-order chi connectivity index (χ1) is 6.83. The Bertz CT molecular complexity index is 206. The van der Waals surface area contributed by atoms with Crippen molar-refractivity contribution in [3.8, 4) is 0 Å². The molecule has 0 atom stereocenters.